The van der Waals surface area contributed by atoms with Crippen molar-refractivity contribution in [2.75, 3.05) is 31.1 Å². The number of hydrogen-bond donors (Lipinski definition) is 0. The highest BCUT2D eigenvalue weighted by Crippen LogP contribution is 2.21. The van der Waals surface area contributed by atoms with E-state index in [0.717, 1.165) is 31.9 Å². The van der Waals surface area contributed by atoms with Crippen molar-refractivity contribution in [2.24, 2.45) is 4.99 Å². The third-order valence-corrected chi connectivity index (χ3v) is 4.01. The molecule has 1 saturated heterocycles. The minimum Gasteiger partial charge on any atom is -0.369 e. The van der Waals surface area contributed by atoms with Gasteiger partial charge in [0.1, 0.15) is 0 Å². The summed E-state index contributed by atoms with van der Waals surface area (Å²) in [5.74, 6) is 0. The zero-order valence-electron chi connectivity index (χ0n) is 11.7. The maximum Gasteiger partial charge on any atom is 0.0741 e. The van der Waals surface area contributed by atoms with Gasteiger partial charge in [0.05, 0.1) is 10.8 Å². The van der Waals surface area contributed by atoms with Crippen LogP contribution in [-0.2, 0) is 0 Å². The van der Waals surface area contributed by atoms with Gasteiger partial charge in [-0.25, -0.2) is 0 Å². The highest BCUT2D eigenvalue weighted by molar-refractivity contribution is 7.78. The van der Waals surface area contributed by atoms with Crippen LogP contribution < -0.4 is 4.90 Å². The zero-order valence-corrected chi connectivity index (χ0v) is 12.5. The normalized spacial score (nSPS) is 17.9. The van der Waals surface area contributed by atoms with Gasteiger partial charge in [-0.2, -0.15) is 4.99 Å². The Balaban J connectivity index is 1.95. The van der Waals surface area contributed by atoms with Gasteiger partial charge in [-0.3, -0.25) is 4.90 Å². The van der Waals surface area contributed by atoms with Crippen LogP contribution in [0.3, 0.4) is 0 Å². The van der Waals surface area contributed by atoms with E-state index in [9.17, 15) is 0 Å². The monoisotopic (exact) mass is 275 g/mol. The van der Waals surface area contributed by atoms with Crippen LogP contribution in [0.15, 0.2) is 29.3 Å². The number of aliphatic imine (C=N–C) groups is 1. The van der Waals surface area contributed by atoms with Crippen LogP contribution in [0.25, 0.3) is 0 Å². The van der Waals surface area contributed by atoms with Crippen molar-refractivity contribution >= 4 is 28.8 Å². The Morgan fingerprint density at radius 1 is 1.21 bits per heavy atom. The van der Waals surface area contributed by atoms with Crippen LogP contribution in [0.4, 0.5) is 11.4 Å². The Morgan fingerprint density at radius 2 is 1.84 bits per heavy atom. The molecule has 3 nitrogen and oxygen atoms in total. The topological polar surface area (TPSA) is 18.8 Å². The van der Waals surface area contributed by atoms with Gasteiger partial charge in [-0.1, -0.05) is 6.92 Å². The smallest absolute Gasteiger partial charge is 0.0741 e. The molecule has 0 aliphatic carbocycles. The molecule has 2 rings (SSSR count). The van der Waals surface area contributed by atoms with Gasteiger partial charge in [-0.15, -0.1) is 0 Å². The number of hydrogen-bond acceptors (Lipinski definition) is 4. The SMILES string of the molecule is CC[C@H](C)N1CCN(c2ccc(N=C=S)cc2)CC1. The molecule has 0 unspecified atom stereocenters. The van der Waals surface area contributed by atoms with Crippen molar-refractivity contribution in [3.63, 3.8) is 0 Å². The van der Waals surface area contributed by atoms with Gasteiger partial charge in [0.2, 0.25) is 0 Å². The van der Waals surface area contributed by atoms with E-state index in [1.165, 1.54) is 12.1 Å². The number of piperazine rings is 1. The summed E-state index contributed by atoms with van der Waals surface area (Å²) in [7, 11) is 0. The predicted octanol–water partition coefficient (Wildman–Crippen LogP) is 3.34. The lowest BCUT2D eigenvalue weighted by atomic mass is 10.1. The molecule has 0 amide bonds. The van der Waals surface area contributed by atoms with E-state index in [1.807, 2.05) is 12.1 Å². The van der Waals surface area contributed by atoms with E-state index in [0.29, 0.717) is 6.04 Å². The fraction of sp³-hybridized carbons (Fsp3) is 0.533. The molecule has 4 heteroatoms. The second-order valence-corrected chi connectivity index (χ2v) is 5.18. The summed E-state index contributed by atoms with van der Waals surface area (Å²) in [5, 5.41) is 2.40. The predicted molar refractivity (Wildman–Crippen MR) is 84.7 cm³/mol. The molecular formula is C15H21N3S. The fourth-order valence-electron chi connectivity index (χ4n) is 2.47. The van der Waals surface area contributed by atoms with Crippen molar-refractivity contribution in [2.45, 2.75) is 26.3 Å². The lowest BCUT2D eigenvalue weighted by Gasteiger charge is -2.39. The van der Waals surface area contributed by atoms with Gasteiger partial charge in [0, 0.05) is 37.9 Å². The Kier molecular flexibility index (Phi) is 5.08. The van der Waals surface area contributed by atoms with Gasteiger partial charge < -0.3 is 4.90 Å². The van der Waals surface area contributed by atoms with Crippen molar-refractivity contribution in [1.82, 2.24) is 4.90 Å². The first-order valence-corrected chi connectivity index (χ1v) is 7.32. The summed E-state index contributed by atoms with van der Waals surface area (Å²) < 4.78 is 0. The molecule has 1 aromatic carbocycles. The molecule has 1 fully saturated rings. The lowest BCUT2D eigenvalue weighted by molar-refractivity contribution is 0.193. The molecule has 1 aliphatic heterocycles. The molecular weight excluding hydrogens is 254 g/mol. The van der Waals surface area contributed by atoms with E-state index in [2.05, 4.69) is 58.2 Å². The standard InChI is InChI=1S/C15H21N3S/c1-3-13(2)17-8-10-18(11-9-17)15-6-4-14(5-7-15)16-12-19/h4-7,13H,3,8-11H2,1-2H3/t13-/m0/s1. The summed E-state index contributed by atoms with van der Waals surface area (Å²) >= 11 is 4.61. The summed E-state index contributed by atoms with van der Waals surface area (Å²) in [6.07, 6.45) is 1.23. The molecule has 0 bridgehead atoms. The molecule has 0 spiro atoms. The van der Waals surface area contributed by atoms with Crippen molar-refractivity contribution in [3.8, 4) is 0 Å². The van der Waals surface area contributed by atoms with Crippen LogP contribution >= 0.6 is 12.2 Å². The Morgan fingerprint density at radius 3 is 2.37 bits per heavy atom. The quantitative estimate of drug-likeness (QED) is 0.620. The highest BCUT2D eigenvalue weighted by Gasteiger charge is 2.19. The van der Waals surface area contributed by atoms with Crippen LogP contribution in [0, 0.1) is 0 Å². The number of isothiocyanates is 1. The van der Waals surface area contributed by atoms with Gasteiger partial charge in [0.15, 0.2) is 0 Å². The summed E-state index contributed by atoms with van der Waals surface area (Å²) in [5.41, 5.74) is 2.14. The second-order valence-electron chi connectivity index (χ2n) is 5.00. The minimum atomic E-state index is 0.696. The molecule has 0 N–H and O–H groups in total. The van der Waals surface area contributed by atoms with Gasteiger partial charge in [0.25, 0.3) is 0 Å². The zero-order chi connectivity index (χ0) is 13.7. The number of thiocarbonyl (C=S) groups is 1. The molecule has 1 atom stereocenters. The van der Waals surface area contributed by atoms with Crippen LogP contribution in [0.5, 0.6) is 0 Å². The summed E-state index contributed by atoms with van der Waals surface area (Å²) in [4.78, 5) is 8.98. The first-order chi connectivity index (χ1) is 9.24. The third kappa shape index (κ3) is 3.63. The molecule has 1 heterocycles. The van der Waals surface area contributed by atoms with Gasteiger partial charge in [-0.05, 0) is 49.8 Å². The number of benzene rings is 1. The largest absolute Gasteiger partial charge is 0.369 e. The van der Waals surface area contributed by atoms with Crippen LogP contribution in [0.1, 0.15) is 20.3 Å². The average molecular weight is 275 g/mol. The number of rotatable bonds is 4. The van der Waals surface area contributed by atoms with Crippen LogP contribution in [0.2, 0.25) is 0 Å². The molecule has 1 aliphatic rings. The maximum atomic E-state index is 4.61. The molecule has 19 heavy (non-hydrogen) atoms. The number of anilines is 1. The highest BCUT2D eigenvalue weighted by atomic mass is 32.1. The van der Waals surface area contributed by atoms with Crippen molar-refractivity contribution in [1.29, 1.82) is 0 Å². The van der Waals surface area contributed by atoms with Gasteiger partial charge >= 0.3 is 0 Å². The Hall–Kier alpha value is -1.22. The number of nitrogens with zero attached hydrogens (tertiary/aromatic N) is 3. The fourth-order valence-corrected chi connectivity index (χ4v) is 2.58. The third-order valence-electron chi connectivity index (χ3n) is 3.92. The molecule has 0 aromatic heterocycles. The van der Waals surface area contributed by atoms with E-state index in [4.69, 9.17) is 0 Å². The Labute approximate surface area is 120 Å². The van der Waals surface area contributed by atoms with Crippen molar-refractivity contribution < 1.29 is 0 Å². The lowest BCUT2D eigenvalue weighted by Crippen LogP contribution is -2.49. The van der Waals surface area contributed by atoms with E-state index < -0.39 is 0 Å². The molecule has 0 radical (unpaired) electrons. The first-order valence-electron chi connectivity index (χ1n) is 6.91. The average Bonchev–Trinajstić information content (AvgIpc) is 2.48. The van der Waals surface area contributed by atoms with E-state index >= 15 is 0 Å². The first kappa shape index (κ1) is 14.2. The summed E-state index contributed by atoms with van der Waals surface area (Å²) in [6.45, 7) is 9.06. The maximum absolute atomic E-state index is 4.61. The second kappa shape index (κ2) is 6.80. The van der Waals surface area contributed by atoms with Crippen LogP contribution in [-0.4, -0.2) is 42.3 Å². The minimum absolute atomic E-state index is 0.696. The Bertz CT molecular complexity index is 443. The van der Waals surface area contributed by atoms with E-state index in [1.54, 1.807) is 0 Å². The molecule has 0 saturated carbocycles. The molecule has 1 aromatic rings. The molecule has 102 valence electrons. The van der Waals surface area contributed by atoms with E-state index in [-0.39, 0.29) is 0 Å². The summed E-state index contributed by atoms with van der Waals surface area (Å²) in [6, 6.07) is 8.92. The van der Waals surface area contributed by atoms with Crippen molar-refractivity contribution in [3.05, 3.63) is 24.3 Å².